The van der Waals surface area contributed by atoms with Gasteiger partial charge in [-0.2, -0.15) is 0 Å². The fourth-order valence-corrected chi connectivity index (χ4v) is 4.42. The number of amides is 1. The fourth-order valence-electron chi connectivity index (χ4n) is 3.99. The minimum atomic E-state index is -1.58. The summed E-state index contributed by atoms with van der Waals surface area (Å²) in [4.78, 5) is 17.1. The van der Waals surface area contributed by atoms with Crippen LogP contribution < -0.4 is 26.8 Å². The van der Waals surface area contributed by atoms with E-state index < -0.39 is 18.3 Å². The van der Waals surface area contributed by atoms with Gasteiger partial charge in [-0.1, -0.05) is 13.8 Å². The lowest BCUT2D eigenvalue weighted by Gasteiger charge is -2.33. The molecule has 3 fully saturated rings. The summed E-state index contributed by atoms with van der Waals surface area (Å²) in [7, 11) is 0. The van der Waals surface area contributed by atoms with Crippen molar-refractivity contribution in [2.45, 2.75) is 63.0 Å². The third-order valence-electron chi connectivity index (χ3n) is 5.61. The molecule has 1 saturated carbocycles. The topological polar surface area (TPSA) is 89.6 Å². The summed E-state index contributed by atoms with van der Waals surface area (Å²) in [5.74, 6) is -0.0945. The number of fused-ring (bicyclic) bond motifs is 1. The maximum atomic E-state index is 13.7. The molecule has 0 bridgehead atoms. The summed E-state index contributed by atoms with van der Waals surface area (Å²) in [6.07, 6.45) is -2.92. The molecule has 7 atom stereocenters. The predicted molar refractivity (Wildman–Crippen MR) is 105 cm³/mol. The number of carbonyl (C=O) groups is 1. The summed E-state index contributed by atoms with van der Waals surface area (Å²) in [5, 5.41) is 9.25. The molecule has 160 valence electrons. The SMILES string of the molecule is CC(C)CN=C(NC(=O)C1CCC(F)C(F)C1)NC1NNC2CNCC(Cl)C21. The summed E-state index contributed by atoms with van der Waals surface area (Å²) in [6, 6.07) is 0.169. The predicted octanol–water partition coefficient (Wildman–Crippen LogP) is 0.810. The molecule has 0 spiro atoms. The number of hydrogen-bond donors (Lipinski definition) is 5. The minimum absolute atomic E-state index is 0.0733. The average molecular weight is 421 g/mol. The monoisotopic (exact) mass is 420 g/mol. The Hall–Kier alpha value is -1.03. The highest BCUT2D eigenvalue weighted by Crippen LogP contribution is 2.29. The van der Waals surface area contributed by atoms with E-state index in [2.05, 4.69) is 31.8 Å². The fraction of sp³-hybridized carbons (Fsp3) is 0.889. The third kappa shape index (κ3) is 5.31. The molecule has 0 aromatic heterocycles. The van der Waals surface area contributed by atoms with Crippen molar-refractivity contribution in [1.29, 1.82) is 0 Å². The Morgan fingerprint density at radius 1 is 1.21 bits per heavy atom. The lowest BCUT2D eigenvalue weighted by Crippen LogP contribution is -2.57. The van der Waals surface area contributed by atoms with Gasteiger partial charge in [0.1, 0.15) is 12.3 Å². The molecule has 28 heavy (non-hydrogen) atoms. The van der Waals surface area contributed by atoms with Gasteiger partial charge in [0.2, 0.25) is 5.91 Å². The van der Waals surface area contributed by atoms with Crippen LogP contribution in [-0.4, -0.2) is 61.4 Å². The zero-order valence-electron chi connectivity index (χ0n) is 16.4. The summed E-state index contributed by atoms with van der Waals surface area (Å²) in [5.41, 5.74) is 6.40. The lowest BCUT2D eigenvalue weighted by molar-refractivity contribution is -0.125. The number of guanidine groups is 1. The summed E-state index contributed by atoms with van der Waals surface area (Å²) < 4.78 is 27.1. The number of piperidine rings is 1. The largest absolute Gasteiger partial charge is 0.339 e. The maximum absolute atomic E-state index is 13.7. The molecule has 3 aliphatic rings. The molecule has 7 nitrogen and oxygen atoms in total. The van der Waals surface area contributed by atoms with E-state index in [1.807, 2.05) is 13.8 Å². The van der Waals surface area contributed by atoms with Crippen molar-refractivity contribution in [3.8, 4) is 0 Å². The number of alkyl halides is 3. The highest BCUT2D eigenvalue weighted by Gasteiger charge is 2.43. The highest BCUT2D eigenvalue weighted by molar-refractivity contribution is 6.21. The van der Waals surface area contributed by atoms with Crippen LogP contribution in [0.2, 0.25) is 0 Å². The van der Waals surface area contributed by atoms with Crippen molar-refractivity contribution in [2.75, 3.05) is 19.6 Å². The molecule has 1 aliphatic carbocycles. The minimum Gasteiger partial charge on any atom is -0.339 e. The molecule has 2 aliphatic heterocycles. The molecule has 5 N–H and O–H groups in total. The number of hydrogen-bond acceptors (Lipinski definition) is 5. The maximum Gasteiger partial charge on any atom is 0.229 e. The Balaban J connectivity index is 1.64. The molecule has 0 radical (unpaired) electrons. The standard InChI is InChI=1S/C18H31ClF2N6O/c1-9(2)6-23-18(25-17(28)10-3-4-12(20)13(21)5-10)24-16-15-11(19)7-22-8-14(15)26-27-16/h9-16,22,26-27H,3-8H2,1-2H3,(H2,23,24,25,28). The number of nitrogens with zero attached hydrogens (tertiary/aromatic N) is 1. The van der Waals surface area contributed by atoms with E-state index in [-0.39, 0.29) is 42.3 Å². The first-order valence-electron chi connectivity index (χ1n) is 10.1. The highest BCUT2D eigenvalue weighted by atomic mass is 35.5. The van der Waals surface area contributed by atoms with E-state index in [0.717, 1.165) is 6.54 Å². The van der Waals surface area contributed by atoms with E-state index in [9.17, 15) is 13.6 Å². The van der Waals surface area contributed by atoms with E-state index in [4.69, 9.17) is 11.6 Å². The van der Waals surface area contributed by atoms with Crippen molar-refractivity contribution in [3.05, 3.63) is 0 Å². The molecule has 0 aromatic carbocycles. The molecule has 2 heterocycles. The number of nitrogens with one attached hydrogen (secondary N) is 5. The first-order valence-corrected chi connectivity index (χ1v) is 10.5. The van der Waals surface area contributed by atoms with Gasteiger partial charge in [-0.25, -0.2) is 14.2 Å². The molecule has 1 amide bonds. The Labute approximate surface area is 169 Å². The van der Waals surface area contributed by atoms with Gasteiger partial charge in [-0.05, 0) is 25.2 Å². The van der Waals surface area contributed by atoms with E-state index >= 15 is 0 Å². The van der Waals surface area contributed by atoms with Crippen LogP contribution >= 0.6 is 11.6 Å². The van der Waals surface area contributed by atoms with E-state index in [0.29, 0.717) is 31.4 Å². The first-order chi connectivity index (χ1) is 13.3. The van der Waals surface area contributed by atoms with Crippen molar-refractivity contribution < 1.29 is 13.6 Å². The third-order valence-corrected chi connectivity index (χ3v) is 6.05. The number of rotatable bonds is 4. The second-order valence-corrected chi connectivity index (χ2v) is 8.94. The summed E-state index contributed by atoms with van der Waals surface area (Å²) in [6.45, 7) is 6.11. The molecular formula is C18H31ClF2N6O. The molecular weight excluding hydrogens is 390 g/mol. The molecule has 2 saturated heterocycles. The van der Waals surface area contributed by atoms with Gasteiger partial charge in [-0.3, -0.25) is 20.5 Å². The van der Waals surface area contributed by atoms with Crippen LogP contribution in [0.25, 0.3) is 0 Å². The van der Waals surface area contributed by atoms with Crippen LogP contribution in [0, 0.1) is 17.8 Å². The molecule has 0 aromatic rings. The van der Waals surface area contributed by atoms with Crippen LogP contribution in [0.1, 0.15) is 33.1 Å². The van der Waals surface area contributed by atoms with Crippen LogP contribution in [0.4, 0.5) is 8.78 Å². The number of carbonyl (C=O) groups excluding carboxylic acids is 1. The van der Waals surface area contributed by atoms with Crippen LogP contribution in [0.5, 0.6) is 0 Å². The molecule has 7 unspecified atom stereocenters. The van der Waals surface area contributed by atoms with Gasteiger partial charge in [-0.15, -0.1) is 11.6 Å². The van der Waals surface area contributed by atoms with Gasteiger partial charge in [0.25, 0.3) is 0 Å². The van der Waals surface area contributed by atoms with Crippen LogP contribution in [-0.2, 0) is 4.79 Å². The van der Waals surface area contributed by atoms with Gasteiger partial charge < -0.3 is 10.6 Å². The van der Waals surface area contributed by atoms with E-state index in [1.54, 1.807) is 0 Å². The quantitative estimate of drug-likeness (QED) is 0.264. The Morgan fingerprint density at radius 2 is 2.00 bits per heavy atom. The first kappa shape index (κ1) is 21.7. The number of hydrazine groups is 1. The second-order valence-electron chi connectivity index (χ2n) is 8.38. The van der Waals surface area contributed by atoms with Gasteiger partial charge in [0.15, 0.2) is 5.96 Å². The lowest BCUT2D eigenvalue weighted by atomic mass is 9.86. The Kier molecular flexibility index (Phi) is 7.47. The summed E-state index contributed by atoms with van der Waals surface area (Å²) >= 11 is 6.49. The van der Waals surface area contributed by atoms with Gasteiger partial charge in [0.05, 0.1) is 11.5 Å². The van der Waals surface area contributed by atoms with Crippen molar-refractivity contribution in [3.63, 3.8) is 0 Å². The zero-order chi connectivity index (χ0) is 20.3. The van der Waals surface area contributed by atoms with Crippen LogP contribution in [0.3, 0.4) is 0 Å². The Bertz CT molecular complexity index is 580. The van der Waals surface area contributed by atoms with Gasteiger partial charge >= 0.3 is 0 Å². The molecule has 3 rings (SSSR count). The normalized spacial score (nSPS) is 38.9. The van der Waals surface area contributed by atoms with Gasteiger partial charge in [0, 0.05) is 37.5 Å². The van der Waals surface area contributed by atoms with E-state index in [1.165, 1.54) is 0 Å². The number of aliphatic imine (C=N–C) groups is 1. The average Bonchev–Trinajstić information content (AvgIpc) is 3.06. The van der Waals surface area contributed by atoms with Crippen molar-refractivity contribution in [1.82, 2.24) is 26.8 Å². The second kappa shape index (κ2) is 9.65. The van der Waals surface area contributed by atoms with Crippen molar-refractivity contribution in [2.24, 2.45) is 22.7 Å². The van der Waals surface area contributed by atoms with Crippen LogP contribution in [0.15, 0.2) is 4.99 Å². The number of halogens is 3. The molecule has 10 heteroatoms. The van der Waals surface area contributed by atoms with Crippen molar-refractivity contribution >= 4 is 23.5 Å². The smallest absolute Gasteiger partial charge is 0.229 e. The zero-order valence-corrected chi connectivity index (χ0v) is 17.1. The Morgan fingerprint density at radius 3 is 2.71 bits per heavy atom.